The van der Waals surface area contributed by atoms with E-state index in [1.807, 2.05) is 18.2 Å². The molecular weight excluding hydrogens is 318 g/mol. The van der Waals surface area contributed by atoms with Gasteiger partial charge in [-0.1, -0.05) is 12.1 Å². The molecule has 25 heavy (non-hydrogen) atoms. The van der Waals surface area contributed by atoms with Gasteiger partial charge >= 0.3 is 0 Å². The lowest BCUT2D eigenvalue weighted by Crippen LogP contribution is -2.55. The van der Waals surface area contributed by atoms with Crippen molar-refractivity contribution in [3.8, 4) is 17.0 Å². The number of anilines is 2. The molecule has 4 N–H and O–H groups in total. The molecule has 0 amide bonds. The molecule has 0 radical (unpaired) electrons. The van der Waals surface area contributed by atoms with E-state index < -0.39 is 0 Å². The quantitative estimate of drug-likeness (QED) is 0.759. The number of aromatic nitrogens is 2. The zero-order valence-electron chi connectivity index (χ0n) is 14.1. The van der Waals surface area contributed by atoms with Crippen molar-refractivity contribution in [1.29, 1.82) is 0 Å². The molecule has 3 heterocycles. The Kier molecular flexibility index (Phi) is 4.19. The fourth-order valence-electron chi connectivity index (χ4n) is 3.65. The van der Waals surface area contributed by atoms with Crippen molar-refractivity contribution in [2.24, 2.45) is 0 Å². The molecule has 1 spiro atoms. The van der Waals surface area contributed by atoms with Gasteiger partial charge in [-0.05, 0) is 31.0 Å². The summed E-state index contributed by atoms with van der Waals surface area (Å²) in [6.45, 7) is 4.33. The van der Waals surface area contributed by atoms with E-state index in [1.165, 1.54) is 0 Å². The van der Waals surface area contributed by atoms with Crippen LogP contribution in [0.15, 0.2) is 30.3 Å². The highest BCUT2D eigenvalue weighted by Gasteiger charge is 2.37. The van der Waals surface area contributed by atoms with Crippen molar-refractivity contribution in [1.82, 2.24) is 15.5 Å². The molecule has 2 fully saturated rings. The standard InChI is InChI=1S/C18H23N5O2/c19-17-15(11-14(21-22-17)13-3-1-2-4-16(13)24)23-8-5-18(6-9-23)12-20-7-10-25-18/h1-4,11,20,24H,5-10,12H2,(H2,19,22). The van der Waals surface area contributed by atoms with Crippen LogP contribution in [0.5, 0.6) is 5.75 Å². The topological polar surface area (TPSA) is 96.5 Å². The smallest absolute Gasteiger partial charge is 0.169 e. The second-order valence-corrected chi connectivity index (χ2v) is 6.71. The number of ether oxygens (including phenoxy) is 1. The van der Waals surface area contributed by atoms with Crippen LogP contribution in [-0.2, 0) is 4.74 Å². The van der Waals surface area contributed by atoms with Gasteiger partial charge in [0.05, 0.1) is 23.6 Å². The van der Waals surface area contributed by atoms with Gasteiger partial charge in [-0.25, -0.2) is 0 Å². The van der Waals surface area contributed by atoms with Crippen LogP contribution in [0.4, 0.5) is 11.5 Å². The Balaban J connectivity index is 1.57. The van der Waals surface area contributed by atoms with E-state index in [1.54, 1.807) is 12.1 Å². The van der Waals surface area contributed by atoms with Gasteiger partial charge in [0.25, 0.3) is 0 Å². The van der Waals surface area contributed by atoms with Crippen molar-refractivity contribution in [2.75, 3.05) is 43.4 Å². The van der Waals surface area contributed by atoms with Crippen molar-refractivity contribution in [2.45, 2.75) is 18.4 Å². The summed E-state index contributed by atoms with van der Waals surface area (Å²) in [4.78, 5) is 2.23. The molecule has 0 bridgehead atoms. The summed E-state index contributed by atoms with van der Waals surface area (Å²) in [6.07, 6.45) is 1.90. The lowest BCUT2D eigenvalue weighted by molar-refractivity contribution is -0.0799. The number of nitrogens with two attached hydrogens (primary N) is 1. The number of nitrogens with zero attached hydrogens (tertiary/aromatic N) is 3. The molecular formula is C18H23N5O2. The first-order chi connectivity index (χ1) is 12.2. The van der Waals surface area contributed by atoms with E-state index in [-0.39, 0.29) is 11.4 Å². The van der Waals surface area contributed by atoms with E-state index in [2.05, 4.69) is 20.4 Å². The van der Waals surface area contributed by atoms with E-state index in [4.69, 9.17) is 10.5 Å². The molecule has 2 aliphatic heterocycles. The van der Waals surface area contributed by atoms with Crippen molar-refractivity contribution in [3.63, 3.8) is 0 Å². The summed E-state index contributed by atoms with van der Waals surface area (Å²) in [7, 11) is 0. The summed E-state index contributed by atoms with van der Waals surface area (Å²) < 4.78 is 6.05. The van der Waals surface area contributed by atoms with E-state index in [0.717, 1.165) is 51.3 Å². The zero-order valence-corrected chi connectivity index (χ0v) is 14.1. The van der Waals surface area contributed by atoms with Gasteiger partial charge in [0, 0.05) is 31.7 Å². The maximum atomic E-state index is 10.1. The highest BCUT2D eigenvalue weighted by molar-refractivity contribution is 5.74. The van der Waals surface area contributed by atoms with Gasteiger partial charge in [0.2, 0.25) is 0 Å². The molecule has 1 aromatic heterocycles. The fraction of sp³-hybridized carbons (Fsp3) is 0.444. The second-order valence-electron chi connectivity index (χ2n) is 6.71. The number of piperidine rings is 1. The molecule has 7 nitrogen and oxygen atoms in total. The minimum atomic E-state index is -0.0511. The molecule has 0 unspecified atom stereocenters. The summed E-state index contributed by atoms with van der Waals surface area (Å²) in [6, 6.07) is 9.03. The van der Waals surface area contributed by atoms with Crippen LogP contribution in [0.3, 0.4) is 0 Å². The average Bonchev–Trinajstić information content (AvgIpc) is 2.64. The zero-order chi connectivity index (χ0) is 17.3. The van der Waals surface area contributed by atoms with Crippen LogP contribution < -0.4 is 16.0 Å². The van der Waals surface area contributed by atoms with Crippen LogP contribution in [0.25, 0.3) is 11.3 Å². The van der Waals surface area contributed by atoms with Crippen LogP contribution in [0, 0.1) is 0 Å². The van der Waals surface area contributed by atoms with E-state index in [9.17, 15) is 5.11 Å². The van der Waals surface area contributed by atoms with Gasteiger partial charge in [0.15, 0.2) is 5.82 Å². The minimum absolute atomic E-state index is 0.0511. The molecule has 2 saturated heterocycles. The molecule has 2 aliphatic rings. The highest BCUT2D eigenvalue weighted by Crippen LogP contribution is 2.35. The van der Waals surface area contributed by atoms with Crippen LogP contribution in [-0.4, -0.2) is 53.7 Å². The third-order valence-electron chi connectivity index (χ3n) is 5.13. The van der Waals surface area contributed by atoms with Gasteiger partial charge in [-0.15, -0.1) is 10.2 Å². The monoisotopic (exact) mass is 341 g/mol. The minimum Gasteiger partial charge on any atom is -0.507 e. The lowest BCUT2D eigenvalue weighted by Gasteiger charge is -2.44. The molecule has 7 heteroatoms. The van der Waals surface area contributed by atoms with Gasteiger partial charge in [-0.3, -0.25) is 0 Å². The Labute approximate surface area is 146 Å². The predicted molar refractivity (Wildman–Crippen MR) is 96.5 cm³/mol. The number of benzene rings is 1. The number of phenolic OH excluding ortho intramolecular Hbond substituents is 1. The number of para-hydroxylation sites is 1. The van der Waals surface area contributed by atoms with Crippen molar-refractivity contribution in [3.05, 3.63) is 30.3 Å². The predicted octanol–water partition coefficient (Wildman–Crippen LogP) is 1.39. The van der Waals surface area contributed by atoms with Gasteiger partial charge in [-0.2, -0.15) is 0 Å². The number of morpholine rings is 1. The third kappa shape index (κ3) is 3.12. The van der Waals surface area contributed by atoms with E-state index >= 15 is 0 Å². The number of nitrogens with one attached hydrogen (secondary N) is 1. The molecule has 0 atom stereocenters. The highest BCUT2D eigenvalue weighted by atomic mass is 16.5. The van der Waals surface area contributed by atoms with Gasteiger partial charge < -0.3 is 25.8 Å². The van der Waals surface area contributed by atoms with Gasteiger partial charge in [0.1, 0.15) is 5.75 Å². The summed E-state index contributed by atoms with van der Waals surface area (Å²) in [5.41, 5.74) is 8.18. The largest absolute Gasteiger partial charge is 0.507 e. The Morgan fingerprint density at radius 2 is 2.00 bits per heavy atom. The third-order valence-corrected chi connectivity index (χ3v) is 5.13. The maximum Gasteiger partial charge on any atom is 0.169 e. The molecule has 4 rings (SSSR count). The number of aromatic hydroxyl groups is 1. The number of nitrogen functional groups attached to an aromatic ring is 1. The molecule has 0 aliphatic carbocycles. The van der Waals surface area contributed by atoms with E-state index in [0.29, 0.717) is 17.1 Å². The number of hydrogen-bond acceptors (Lipinski definition) is 7. The SMILES string of the molecule is Nc1nnc(-c2ccccc2O)cc1N1CCC2(CC1)CNCCO2. The molecule has 0 saturated carbocycles. The fourth-order valence-corrected chi connectivity index (χ4v) is 3.65. The molecule has 1 aromatic carbocycles. The summed E-state index contributed by atoms with van der Waals surface area (Å²) >= 11 is 0. The Morgan fingerprint density at radius 3 is 2.72 bits per heavy atom. The number of hydrogen-bond donors (Lipinski definition) is 3. The average molecular weight is 341 g/mol. The first-order valence-corrected chi connectivity index (χ1v) is 8.68. The number of phenols is 1. The Morgan fingerprint density at radius 1 is 1.20 bits per heavy atom. The van der Waals surface area contributed by atoms with Crippen molar-refractivity contribution >= 4 is 11.5 Å². The van der Waals surface area contributed by atoms with Crippen LogP contribution in [0.1, 0.15) is 12.8 Å². The summed E-state index contributed by atoms with van der Waals surface area (Å²) in [5.74, 6) is 0.601. The van der Waals surface area contributed by atoms with Crippen LogP contribution in [0.2, 0.25) is 0 Å². The molecule has 132 valence electrons. The number of rotatable bonds is 2. The maximum absolute atomic E-state index is 10.1. The normalized spacial score (nSPS) is 19.9. The lowest BCUT2D eigenvalue weighted by atomic mass is 9.90. The molecule has 2 aromatic rings. The first-order valence-electron chi connectivity index (χ1n) is 8.68. The second kappa shape index (κ2) is 6.50. The first kappa shape index (κ1) is 16.1. The Bertz CT molecular complexity index is 751. The van der Waals surface area contributed by atoms with Crippen LogP contribution >= 0.6 is 0 Å². The van der Waals surface area contributed by atoms with Crippen molar-refractivity contribution < 1.29 is 9.84 Å². The summed E-state index contributed by atoms with van der Waals surface area (Å²) in [5, 5.41) is 21.8. The Hall–Kier alpha value is -2.38.